The van der Waals surface area contributed by atoms with Gasteiger partial charge in [-0.15, -0.1) is 0 Å². The highest BCUT2D eigenvalue weighted by molar-refractivity contribution is 5.89. The summed E-state index contributed by atoms with van der Waals surface area (Å²) in [6, 6.07) is 9.09. The van der Waals surface area contributed by atoms with Crippen molar-refractivity contribution in [3.05, 3.63) is 48.4 Å². The Kier molecular flexibility index (Phi) is 8.38. The molecule has 3 amide bonds. The Morgan fingerprint density at radius 3 is 2.51 bits per heavy atom. The number of anilines is 2. The van der Waals surface area contributed by atoms with E-state index < -0.39 is 24.5 Å². The summed E-state index contributed by atoms with van der Waals surface area (Å²) in [6.45, 7) is 8.56. The molecule has 1 aromatic carbocycles. The van der Waals surface area contributed by atoms with Gasteiger partial charge in [-0.3, -0.25) is 4.79 Å². The van der Waals surface area contributed by atoms with Crippen molar-refractivity contribution in [2.24, 2.45) is 0 Å². The van der Waals surface area contributed by atoms with Crippen LogP contribution in [0.5, 0.6) is 0 Å². The number of nitrogen functional groups attached to an aromatic ring is 1. The molecule has 2 aromatic heterocycles. The van der Waals surface area contributed by atoms with Crippen molar-refractivity contribution in [3.63, 3.8) is 0 Å². The topological polar surface area (TPSA) is 168 Å². The summed E-state index contributed by atoms with van der Waals surface area (Å²) in [7, 11) is 0. The number of carbonyl (C=O) groups excluding carboxylic acids is 2. The Morgan fingerprint density at radius 1 is 1.13 bits per heavy atom. The van der Waals surface area contributed by atoms with E-state index in [1.54, 1.807) is 16.8 Å². The second-order valence-electron chi connectivity index (χ2n) is 10.8. The van der Waals surface area contributed by atoms with Crippen LogP contribution in [-0.2, 0) is 14.9 Å². The summed E-state index contributed by atoms with van der Waals surface area (Å²) < 4.78 is 7.58. The molecule has 39 heavy (non-hydrogen) atoms. The lowest BCUT2D eigenvalue weighted by atomic mass is 9.87. The number of aliphatic hydroxyl groups is 2. The van der Waals surface area contributed by atoms with Gasteiger partial charge in [0, 0.05) is 38.4 Å². The Morgan fingerprint density at radius 2 is 1.85 bits per heavy atom. The summed E-state index contributed by atoms with van der Waals surface area (Å²) >= 11 is 0. The van der Waals surface area contributed by atoms with Crippen LogP contribution in [0.15, 0.2) is 42.9 Å². The van der Waals surface area contributed by atoms with Crippen LogP contribution in [0.3, 0.4) is 0 Å². The SMILES string of the molecule is CC(=O)N(CCCNC(=O)Nc1ccc(C(C)(C)C)cc1)C[C@H]1O[C@@H](n2ccc3c(N)ncnc32)[C@H](O)[C@@H]1O. The molecule has 0 bridgehead atoms. The molecule has 4 atom stereocenters. The third kappa shape index (κ3) is 6.47. The number of nitrogens with two attached hydrogens (primary N) is 1. The Bertz CT molecular complexity index is 1300. The molecule has 3 heterocycles. The number of urea groups is 1. The normalized spacial score (nSPS) is 21.2. The quantitative estimate of drug-likeness (QED) is 0.271. The molecule has 0 aliphatic carbocycles. The molecule has 12 nitrogen and oxygen atoms in total. The van der Waals surface area contributed by atoms with E-state index in [1.807, 2.05) is 24.3 Å². The van der Waals surface area contributed by atoms with Crippen molar-refractivity contribution in [1.29, 1.82) is 0 Å². The van der Waals surface area contributed by atoms with E-state index in [9.17, 15) is 19.8 Å². The lowest BCUT2D eigenvalue weighted by molar-refractivity contribution is -0.132. The zero-order chi connectivity index (χ0) is 28.3. The van der Waals surface area contributed by atoms with Gasteiger partial charge in [0.05, 0.1) is 5.39 Å². The van der Waals surface area contributed by atoms with Crippen LogP contribution in [0.4, 0.5) is 16.3 Å². The fourth-order valence-corrected chi connectivity index (χ4v) is 4.60. The molecular weight excluding hydrogens is 502 g/mol. The number of hydrogen-bond acceptors (Lipinski definition) is 8. The van der Waals surface area contributed by atoms with Crippen molar-refractivity contribution in [3.8, 4) is 0 Å². The van der Waals surface area contributed by atoms with Crippen LogP contribution in [-0.4, -0.2) is 79.5 Å². The van der Waals surface area contributed by atoms with E-state index >= 15 is 0 Å². The molecule has 210 valence electrons. The lowest BCUT2D eigenvalue weighted by Crippen LogP contribution is -2.43. The molecular formula is C27H37N7O5. The van der Waals surface area contributed by atoms with Gasteiger partial charge < -0.3 is 40.8 Å². The standard InChI is InChI=1S/C27H37N7O5/c1-16(35)33(12-5-11-29-26(38)32-18-8-6-17(7-9-18)27(2,3)4)14-20-21(36)22(37)25(39-20)34-13-10-19-23(28)30-15-31-24(19)34/h6-10,13,15,20-22,25,36-37H,5,11-12,14H2,1-4H3,(H2,28,30,31)(H2,29,32,38)/t20-,21-,22-,25-/m1/s1. The Balaban J connectivity index is 1.28. The second kappa shape index (κ2) is 11.6. The van der Waals surface area contributed by atoms with E-state index in [1.165, 1.54) is 23.7 Å². The third-order valence-electron chi connectivity index (χ3n) is 6.90. The average Bonchev–Trinajstić information content (AvgIpc) is 3.42. The fraction of sp³-hybridized carbons (Fsp3) is 0.481. The highest BCUT2D eigenvalue weighted by atomic mass is 16.6. The fourth-order valence-electron chi connectivity index (χ4n) is 4.60. The molecule has 6 N–H and O–H groups in total. The van der Waals surface area contributed by atoms with Crippen LogP contribution in [0.2, 0.25) is 0 Å². The van der Waals surface area contributed by atoms with E-state index in [0.29, 0.717) is 42.0 Å². The number of benzene rings is 1. The van der Waals surface area contributed by atoms with Gasteiger partial charge in [-0.25, -0.2) is 14.8 Å². The minimum absolute atomic E-state index is 0.0298. The maximum Gasteiger partial charge on any atom is 0.319 e. The number of fused-ring (bicyclic) bond motifs is 1. The molecule has 1 saturated heterocycles. The van der Waals surface area contributed by atoms with Gasteiger partial charge in [-0.1, -0.05) is 32.9 Å². The summed E-state index contributed by atoms with van der Waals surface area (Å²) in [5, 5.41) is 27.6. The van der Waals surface area contributed by atoms with E-state index in [4.69, 9.17) is 10.5 Å². The lowest BCUT2D eigenvalue weighted by Gasteiger charge is -2.26. The van der Waals surface area contributed by atoms with Crippen LogP contribution in [0.1, 0.15) is 45.9 Å². The first-order valence-corrected chi connectivity index (χ1v) is 12.9. The minimum Gasteiger partial charge on any atom is -0.387 e. The molecule has 0 spiro atoms. The van der Waals surface area contributed by atoms with Crippen LogP contribution in [0, 0.1) is 0 Å². The van der Waals surface area contributed by atoms with Crippen LogP contribution in [0.25, 0.3) is 11.0 Å². The molecule has 3 aromatic rings. The van der Waals surface area contributed by atoms with Crippen LogP contribution < -0.4 is 16.4 Å². The van der Waals surface area contributed by atoms with Crippen molar-refractivity contribution in [2.45, 2.75) is 64.1 Å². The number of hydrogen-bond donors (Lipinski definition) is 5. The van der Waals surface area contributed by atoms with Crippen LogP contribution >= 0.6 is 0 Å². The number of aliphatic hydroxyl groups excluding tert-OH is 2. The molecule has 0 saturated carbocycles. The summed E-state index contributed by atoms with van der Waals surface area (Å²) in [4.78, 5) is 34.3. The predicted molar refractivity (Wildman–Crippen MR) is 147 cm³/mol. The van der Waals surface area contributed by atoms with Gasteiger partial charge in [0.25, 0.3) is 0 Å². The van der Waals surface area contributed by atoms with Crippen molar-refractivity contribution >= 4 is 34.5 Å². The number of amides is 3. The van der Waals surface area contributed by atoms with Gasteiger partial charge in [-0.2, -0.15) is 0 Å². The first-order chi connectivity index (χ1) is 18.5. The molecule has 1 fully saturated rings. The maximum atomic E-state index is 12.3. The Hall–Kier alpha value is -3.74. The number of ether oxygens (including phenoxy) is 1. The third-order valence-corrected chi connectivity index (χ3v) is 6.90. The molecule has 12 heteroatoms. The number of aromatic nitrogens is 3. The molecule has 0 unspecified atom stereocenters. The minimum atomic E-state index is -1.24. The van der Waals surface area contributed by atoms with Crippen molar-refractivity contribution < 1.29 is 24.5 Å². The van der Waals surface area contributed by atoms with E-state index in [-0.39, 0.29) is 23.9 Å². The van der Waals surface area contributed by atoms with Gasteiger partial charge in [0.2, 0.25) is 5.91 Å². The Labute approximate surface area is 227 Å². The van der Waals surface area contributed by atoms with Gasteiger partial charge in [0.15, 0.2) is 6.23 Å². The molecule has 0 radical (unpaired) electrons. The molecule has 1 aliphatic heterocycles. The number of nitrogens with zero attached hydrogens (tertiary/aromatic N) is 4. The van der Waals surface area contributed by atoms with E-state index in [0.717, 1.165) is 0 Å². The zero-order valence-corrected chi connectivity index (χ0v) is 22.7. The average molecular weight is 540 g/mol. The monoisotopic (exact) mass is 539 g/mol. The first kappa shape index (κ1) is 28.3. The zero-order valence-electron chi connectivity index (χ0n) is 22.7. The second-order valence-corrected chi connectivity index (χ2v) is 10.8. The van der Waals surface area contributed by atoms with Crippen molar-refractivity contribution in [1.82, 2.24) is 24.8 Å². The largest absolute Gasteiger partial charge is 0.387 e. The number of carbonyl (C=O) groups is 2. The smallest absolute Gasteiger partial charge is 0.319 e. The first-order valence-electron chi connectivity index (χ1n) is 12.9. The molecule has 4 rings (SSSR count). The van der Waals surface area contributed by atoms with Gasteiger partial charge >= 0.3 is 6.03 Å². The predicted octanol–water partition coefficient (Wildman–Crippen LogP) is 1.99. The highest BCUT2D eigenvalue weighted by Crippen LogP contribution is 2.33. The maximum absolute atomic E-state index is 12.3. The number of rotatable bonds is 8. The van der Waals surface area contributed by atoms with Gasteiger partial charge in [-0.05, 0) is 35.6 Å². The summed E-state index contributed by atoms with van der Waals surface area (Å²) in [5.74, 6) is 0.0888. The van der Waals surface area contributed by atoms with Crippen molar-refractivity contribution in [2.75, 3.05) is 30.7 Å². The van der Waals surface area contributed by atoms with Gasteiger partial charge in [0.1, 0.15) is 36.1 Å². The summed E-state index contributed by atoms with van der Waals surface area (Å²) in [5.41, 5.74) is 8.26. The number of nitrogens with one attached hydrogen (secondary N) is 2. The van der Waals surface area contributed by atoms with E-state index in [2.05, 4.69) is 41.4 Å². The molecule has 1 aliphatic rings. The summed E-state index contributed by atoms with van der Waals surface area (Å²) in [6.07, 6.45) is -0.718. The highest BCUT2D eigenvalue weighted by Gasteiger charge is 2.45.